The predicted molar refractivity (Wildman–Crippen MR) is 107 cm³/mol. The minimum Gasteiger partial charge on any atom is -0.493 e. The zero-order valence-electron chi connectivity index (χ0n) is 16.5. The summed E-state index contributed by atoms with van der Waals surface area (Å²) >= 11 is 0. The van der Waals surface area contributed by atoms with Crippen LogP contribution in [0.25, 0.3) is 21.9 Å². The van der Waals surface area contributed by atoms with E-state index in [9.17, 15) is 4.79 Å². The maximum Gasteiger partial charge on any atom is 0.494 e. The van der Waals surface area contributed by atoms with E-state index in [1.807, 2.05) is 58.9 Å². The van der Waals surface area contributed by atoms with Crippen LogP contribution in [0.1, 0.15) is 33.3 Å². The summed E-state index contributed by atoms with van der Waals surface area (Å²) < 4.78 is 23.7. The molecule has 1 fully saturated rings. The highest BCUT2D eigenvalue weighted by molar-refractivity contribution is 6.62. The first-order valence-corrected chi connectivity index (χ1v) is 9.04. The molecule has 1 aromatic heterocycles. The number of hydrogen-bond acceptors (Lipinski definition) is 5. The summed E-state index contributed by atoms with van der Waals surface area (Å²) in [6.45, 7) is 9.96. The van der Waals surface area contributed by atoms with E-state index < -0.39 is 18.3 Å². The topological polar surface area (TPSA) is 57.9 Å². The van der Waals surface area contributed by atoms with Crippen LogP contribution in [0.15, 0.2) is 39.5 Å². The molecule has 140 valence electrons. The molecule has 0 amide bonds. The van der Waals surface area contributed by atoms with Crippen molar-refractivity contribution >= 4 is 34.5 Å². The van der Waals surface area contributed by atoms with Gasteiger partial charge in [0, 0.05) is 0 Å². The molecule has 0 unspecified atom stereocenters. The Balaban J connectivity index is 1.90. The third kappa shape index (κ3) is 2.75. The van der Waals surface area contributed by atoms with Crippen molar-refractivity contribution in [2.45, 2.75) is 45.8 Å². The summed E-state index contributed by atoms with van der Waals surface area (Å²) in [6.07, 6.45) is 0. The van der Waals surface area contributed by atoms with Gasteiger partial charge in [-0.2, -0.15) is 0 Å². The first-order valence-electron chi connectivity index (χ1n) is 9.04. The highest BCUT2D eigenvalue weighted by Gasteiger charge is 2.51. The second kappa shape index (κ2) is 5.84. The van der Waals surface area contributed by atoms with Gasteiger partial charge in [0.05, 0.1) is 29.1 Å². The average molecular weight is 366 g/mol. The standard InChI is InChI=1S/C21H23BO5/c1-12-9-15-18(23)14-8-7-13(22-26-20(2,3)21(4,5)27-22)11-16(14)25-19(15)17(10-12)24-6/h7-11H,1-6H3. The first-order chi connectivity index (χ1) is 12.6. The van der Waals surface area contributed by atoms with Crippen molar-refractivity contribution in [2.24, 2.45) is 0 Å². The third-order valence-electron chi connectivity index (χ3n) is 5.65. The summed E-state index contributed by atoms with van der Waals surface area (Å²) in [4.78, 5) is 13.0. The van der Waals surface area contributed by atoms with Gasteiger partial charge in [0.2, 0.25) is 5.43 Å². The van der Waals surface area contributed by atoms with Crippen molar-refractivity contribution in [3.63, 3.8) is 0 Å². The van der Waals surface area contributed by atoms with Gasteiger partial charge < -0.3 is 18.5 Å². The Morgan fingerprint density at radius 2 is 1.63 bits per heavy atom. The Bertz CT molecular complexity index is 1100. The van der Waals surface area contributed by atoms with Crippen molar-refractivity contribution in [3.8, 4) is 5.75 Å². The molecule has 5 nitrogen and oxygen atoms in total. The molecule has 0 atom stereocenters. The largest absolute Gasteiger partial charge is 0.494 e. The molecule has 1 saturated heterocycles. The van der Waals surface area contributed by atoms with Crippen molar-refractivity contribution in [1.82, 2.24) is 0 Å². The number of fused-ring (bicyclic) bond motifs is 2. The molecule has 4 rings (SSSR count). The minimum absolute atomic E-state index is 0.0753. The predicted octanol–water partition coefficient (Wildman–Crippen LogP) is 3.56. The van der Waals surface area contributed by atoms with Crippen molar-refractivity contribution in [1.29, 1.82) is 0 Å². The maximum absolute atomic E-state index is 13.0. The maximum atomic E-state index is 13.0. The van der Waals surface area contributed by atoms with Crippen LogP contribution >= 0.6 is 0 Å². The molecule has 1 aliphatic heterocycles. The summed E-state index contributed by atoms with van der Waals surface area (Å²) in [6, 6.07) is 9.13. The Kier molecular flexibility index (Phi) is 3.91. The van der Waals surface area contributed by atoms with Gasteiger partial charge in [-0.3, -0.25) is 4.79 Å². The molecule has 0 radical (unpaired) electrons. The molecule has 0 aliphatic carbocycles. The fraction of sp³-hybridized carbons (Fsp3) is 0.381. The lowest BCUT2D eigenvalue weighted by Gasteiger charge is -2.32. The Labute approximate surface area is 158 Å². The molecule has 1 aliphatic rings. The van der Waals surface area contributed by atoms with Crippen LogP contribution in [-0.2, 0) is 9.31 Å². The fourth-order valence-electron chi connectivity index (χ4n) is 3.36. The zero-order valence-corrected chi connectivity index (χ0v) is 16.5. The van der Waals surface area contributed by atoms with Crippen LogP contribution < -0.4 is 15.6 Å². The molecule has 27 heavy (non-hydrogen) atoms. The summed E-state index contributed by atoms with van der Waals surface area (Å²) in [5.41, 5.74) is 1.76. The second-order valence-electron chi connectivity index (χ2n) is 8.12. The number of benzene rings is 2. The molecule has 0 bridgehead atoms. The Hall–Kier alpha value is -2.31. The molecule has 0 saturated carbocycles. The van der Waals surface area contributed by atoms with Crippen LogP contribution in [0.2, 0.25) is 0 Å². The van der Waals surface area contributed by atoms with Crippen molar-refractivity contribution < 1.29 is 18.5 Å². The van der Waals surface area contributed by atoms with Crippen molar-refractivity contribution in [3.05, 3.63) is 46.1 Å². The number of aryl methyl sites for hydroxylation is 1. The van der Waals surface area contributed by atoms with E-state index in [4.69, 9.17) is 18.5 Å². The van der Waals surface area contributed by atoms with Crippen molar-refractivity contribution in [2.75, 3.05) is 7.11 Å². The minimum atomic E-state index is -0.514. The highest BCUT2D eigenvalue weighted by Crippen LogP contribution is 2.36. The summed E-state index contributed by atoms with van der Waals surface area (Å²) in [7, 11) is 1.06. The fourth-order valence-corrected chi connectivity index (χ4v) is 3.36. The van der Waals surface area contributed by atoms with E-state index in [0.717, 1.165) is 11.0 Å². The monoisotopic (exact) mass is 366 g/mol. The number of ether oxygens (including phenoxy) is 1. The first kappa shape index (κ1) is 18.1. The van der Waals surface area contributed by atoms with E-state index >= 15 is 0 Å². The van der Waals surface area contributed by atoms with Gasteiger partial charge in [-0.1, -0.05) is 6.07 Å². The summed E-state index contributed by atoms with van der Waals surface area (Å²) in [5.74, 6) is 0.546. The normalized spacial score (nSPS) is 18.4. The molecule has 0 spiro atoms. The smallest absolute Gasteiger partial charge is 0.493 e. The molecule has 0 N–H and O–H groups in total. The van der Waals surface area contributed by atoms with Gasteiger partial charge in [-0.15, -0.1) is 0 Å². The van der Waals surface area contributed by atoms with Crippen LogP contribution in [0.4, 0.5) is 0 Å². The van der Waals surface area contributed by atoms with Gasteiger partial charge in [-0.05, 0) is 69.9 Å². The Morgan fingerprint density at radius 1 is 0.963 bits per heavy atom. The lowest BCUT2D eigenvalue weighted by Crippen LogP contribution is -2.41. The van der Waals surface area contributed by atoms with E-state index in [2.05, 4.69) is 0 Å². The molecule has 3 aromatic rings. The number of methoxy groups -OCH3 is 1. The summed E-state index contributed by atoms with van der Waals surface area (Å²) in [5, 5.41) is 1.04. The van der Waals surface area contributed by atoms with Gasteiger partial charge in [0.25, 0.3) is 0 Å². The van der Waals surface area contributed by atoms with Gasteiger partial charge in [0.1, 0.15) is 5.58 Å². The lowest BCUT2D eigenvalue weighted by molar-refractivity contribution is 0.00578. The quantitative estimate of drug-likeness (QED) is 0.513. The van der Waals surface area contributed by atoms with Crippen LogP contribution in [0, 0.1) is 6.92 Å². The van der Waals surface area contributed by atoms with Crippen LogP contribution in [-0.4, -0.2) is 25.4 Å². The second-order valence-corrected chi connectivity index (χ2v) is 8.12. The van der Waals surface area contributed by atoms with Gasteiger partial charge >= 0.3 is 7.12 Å². The van der Waals surface area contributed by atoms with Gasteiger partial charge in [0.15, 0.2) is 11.3 Å². The van der Waals surface area contributed by atoms with E-state index in [1.165, 1.54) is 0 Å². The van der Waals surface area contributed by atoms with E-state index in [0.29, 0.717) is 27.7 Å². The molecular weight excluding hydrogens is 343 g/mol. The zero-order chi connectivity index (χ0) is 19.6. The highest BCUT2D eigenvalue weighted by atomic mass is 16.7. The Morgan fingerprint density at radius 3 is 2.26 bits per heavy atom. The van der Waals surface area contributed by atoms with Crippen LogP contribution in [0.3, 0.4) is 0 Å². The molecule has 2 heterocycles. The van der Waals surface area contributed by atoms with E-state index in [-0.39, 0.29) is 5.43 Å². The molecular formula is C21H23BO5. The lowest BCUT2D eigenvalue weighted by atomic mass is 9.79. The van der Waals surface area contributed by atoms with Gasteiger partial charge in [-0.25, -0.2) is 0 Å². The third-order valence-corrected chi connectivity index (χ3v) is 5.65. The molecule has 6 heteroatoms. The molecule has 2 aromatic carbocycles. The van der Waals surface area contributed by atoms with E-state index in [1.54, 1.807) is 13.2 Å². The SMILES string of the molecule is COc1cc(C)cc2c(=O)c3ccc(B4OC(C)(C)C(C)(C)O4)cc3oc12. The number of rotatable bonds is 2. The van der Waals surface area contributed by atoms with Crippen LogP contribution in [0.5, 0.6) is 5.75 Å². The average Bonchev–Trinajstić information content (AvgIpc) is 2.82. The number of hydrogen-bond donors (Lipinski definition) is 0.